The minimum Gasteiger partial charge on any atom is -0.351 e. The Morgan fingerprint density at radius 1 is 1.15 bits per heavy atom. The smallest absolute Gasteiger partial charge is 0.290 e. The maximum atomic E-state index is 13.3. The van der Waals surface area contributed by atoms with Gasteiger partial charge in [-0.25, -0.2) is 4.39 Å². The lowest BCUT2D eigenvalue weighted by molar-refractivity contribution is 0.0913. The molecule has 7 heteroatoms. The van der Waals surface area contributed by atoms with Crippen molar-refractivity contribution < 1.29 is 13.7 Å². The number of halogens is 1. The van der Waals surface area contributed by atoms with Gasteiger partial charge in [0, 0.05) is 43.2 Å². The lowest BCUT2D eigenvalue weighted by Gasteiger charge is -2.32. The van der Waals surface area contributed by atoms with Gasteiger partial charge in [0.25, 0.3) is 5.91 Å². The molecule has 1 N–H and O–H groups in total. The Hall–Kier alpha value is -3.58. The van der Waals surface area contributed by atoms with Gasteiger partial charge in [0.1, 0.15) is 5.82 Å². The van der Waals surface area contributed by atoms with Crippen LogP contribution in [0.2, 0.25) is 0 Å². The fraction of sp³-hybridized carbons (Fsp3) is 0.269. The van der Waals surface area contributed by atoms with Crippen molar-refractivity contribution in [3.8, 4) is 0 Å². The molecule has 1 unspecified atom stereocenters. The summed E-state index contributed by atoms with van der Waals surface area (Å²) in [7, 11) is 0. The molecular weight excluding hydrogens is 419 g/mol. The molecule has 2 aromatic carbocycles. The second kappa shape index (κ2) is 9.50. The number of para-hydroxylation sites is 1. The van der Waals surface area contributed by atoms with E-state index in [1.165, 1.54) is 23.1 Å². The average Bonchev–Trinajstić information content (AvgIpc) is 3.34. The van der Waals surface area contributed by atoms with E-state index in [1.54, 1.807) is 18.2 Å². The van der Waals surface area contributed by atoms with E-state index in [2.05, 4.69) is 32.5 Å². The van der Waals surface area contributed by atoms with Crippen LogP contribution in [0.5, 0.6) is 0 Å². The Balaban J connectivity index is 1.22. The normalized spacial score (nSPS) is 16.7. The van der Waals surface area contributed by atoms with Gasteiger partial charge in [-0.3, -0.25) is 14.7 Å². The number of rotatable bonds is 6. The van der Waals surface area contributed by atoms with Gasteiger partial charge in [-0.2, -0.15) is 0 Å². The van der Waals surface area contributed by atoms with Gasteiger partial charge in [-0.05, 0) is 54.8 Å². The van der Waals surface area contributed by atoms with E-state index in [0.717, 1.165) is 43.7 Å². The van der Waals surface area contributed by atoms with E-state index in [-0.39, 0.29) is 29.9 Å². The Labute approximate surface area is 191 Å². The van der Waals surface area contributed by atoms with E-state index < -0.39 is 0 Å². The predicted molar refractivity (Wildman–Crippen MR) is 123 cm³/mol. The SMILES string of the molecule is O=C(NCc1cccc(F)c1)c1cc(C2CCCN(Cc3ccnc4ccccc34)C2)no1. The number of hydrogen-bond donors (Lipinski definition) is 1. The molecule has 1 amide bonds. The topological polar surface area (TPSA) is 71.3 Å². The lowest BCUT2D eigenvalue weighted by atomic mass is 9.94. The van der Waals surface area contributed by atoms with E-state index in [4.69, 9.17) is 4.52 Å². The summed E-state index contributed by atoms with van der Waals surface area (Å²) in [5.41, 5.74) is 3.76. The van der Waals surface area contributed by atoms with Crippen molar-refractivity contribution in [2.75, 3.05) is 13.1 Å². The quantitative estimate of drug-likeness (QED) is 0.468. The highest BCUT2D eigenvalue weighted by molar-refractivity contribution is 5.91. The lowest BCUT2D eigenvalue weighted by Crippen LogP contribution is -2.34. The monoisotopic (exact) mass is 444 g/mol. The molecule has 0 saturated carbocycles. The van der Waals surface area contributed by atoms with Gasteiger partial charge in [0.05, 0.1) is 11.2 Å². The summed E-state index contributed by atoms with van der Waals surface area (Å²) in [4.78, 5) is 19.4. The van der Waals surface area contributed by atoms with Crippen LogP contribution < -0.4 is 5.32 Å². The van der Waals surface area contributed by atoms with Crippen molar-refractivity contribution >= 4 is 16.8 Å². The predicted octanol–water partition coefficient (Wildman–Crippen LogP) is 4.67. The summed E-state index contributed by atoms with van der Waals surface area (Å²) >= 11 is 0. The zero-order valence-electron chi connectivity index (χ0n) is 18.2. The first-order valence-corrected chi connectivity index (χ1v) is 11.2. The van der Waals surface area contributed by atoms with E-state index >= 15 is 0 Å². The van der Waals surface area contributed by atoms with Crippen LogP contribution >= 0.6 is 0 Å². The van der Waals surface area contributed by atoms with Gasteiger partial charge >= 0.3 is 0 Å². The number of piperidine rings is 1. The summed E-state index contributed by atoms with van der Waals surface area (Å²) in [5, 5.41) is 8.13. The van der Waals surface area contributed by atoms with Gasteiger partial charge in [0.2, 0.25) is 5.76 Å². The molecule has 2 aromatic heterocycles. The maximum Gasteiger partial charge on any atom is 0.290 e. The Bertz CT molecular complexity index is 1270. The Morgan fingerprint density at radius 2 is 2.06 bits per heavy atom. The third kappa shape index (κ3) is 4.93. The number of nitrogens with zero attached hydrogens (tertiary/aromatic N) is 3. The number of hydrogen-bond acceptors (Lipinski definition) is 5. The molecule has 1 fully saturated rings. The largest absolute Gasteiger partial charge is 0.351 e. The standard InChI is InChI=1S/C26H25FN4O2/c27-21-7-3-5-18(13-21)15-29-26(32)25-14-24(30-33-25)20-6-4-12-31(17-20)16-19-10-11-28-23-9-2-1-8-22(19)23/h1-3,5,7-11,13-14,20H,4,6,12,15-17H2,(H,29,32). The molecule has 1 atom stereocenters. The number of benzene rings is 2. The first-order chi connectivity index (χ1) is 16.2. The molecule has 5 rings (SSSR count). The summed E-state index contributed by atoms with van der Waals surface area (Å²) < 4.78 is 18.7. The van der Waals surface area contributed by atoms with Crippen molar-refractivity contribution in [2.45, 2.75) is 31.8 Å². The molecule has 168 valence electrons. The van der Waals surface area contributed by atoms with Gasteiger partial charge < -0.3 is 9.84 Å². The van der Waals surface area contributed by atoms with Crippen LogP contribution in [0.15, 0.2) is 71.4 Å². The number of nitrogens with one attached hydrogen (secondary N) is 1. The second-order valence-electron chi connectivity index (χ2n) is 8.49. The highest BCUT2D eigenvalue weighted by Gasteiger charge is 2.25. The Kier molecular flexibility index (Phi) is 6.13. The molecule has 1 aliphatic heterocycles. The zero-order chi connectivity index (χ0) is 22.6. The van der Waals surface area contributed by atoms with Crippen LogP contribution in [0.4, 0.5) is 4.39 Å². The van der Waals surface area contributed by atoms with Gasteiger partial charge in [-0.1, -0.05) is 35.5 Å². The van der Waals surface area contributed by atoms with Gasteiger partial charge in [-0.15, -0.1) is 0 Å². The summed E-state index contributed by atoms with van der Waals surface area (Å²) in [5.74, 6) is -0.293. The van der Waals surface area contributed by atoms with Crippen LogP contribution in [-0.4, -0.2) is 34.0 Å². The highest BCUT2D eigenvalue weighted by Crippen LogP contribution is 2.28. The molecule has 0 radical (unpaired) electrons. The van der Waals surface area contributed by atoms with Crippen molar-refractivity contribution in [1.82, 2.24) is 20.4 Å². The van der Waals surface area contributed by atoms with Crippen molar-refractivity contribution in [1.29, 1.82) is 0 Å². The number of amides is 1. The molecular formula is C26H25FN4O2. The minimum atomic E-state index is -0.353. The summed E-state index contributed by atoms with van der Waals surface area (Å²) in [6.45, 7) is 2.95. The van der Waals surface area contributed by atoms with Crippen LogP contribution in [0.1, 0.15) is 46.1 Å². The van der Waals surface area contributed by atoms with E-state index in [1.807, 2.05) is 24.4 Å². The summed E-state index contributed by atoms with van der Waals surface area (Å²) in [6.07, 6.45) is 3.93. The zero-order valence-corrected chi connectivity index (χ0v) is 18.2. The van der Waals surface area contributed by atoms with Crippen molar-refractivity contribution in [2.24, 2.45) is 0 Å². The molecule has 33 heavy (non-hydrogen) atoms. The fourth-order valence-electron chi connectivity index (χ4n) is 4.48. The van der Waals surface area contributed by atoms with Crippen molar-refractivity contribution in [3.05, 3.63) is 95.3 Å². The van der Waals surface area contributed by atoms with E-state index in [9.17, 15) is 9.18 Å². The third-order valence-corrected chi connectivity index (χ3v) is 6.15. The van der Waals surface area contributed by atoms with Crippen LogP contribution in [0.3, 0.4) is 0 Å². The number of aromatic nitrogens is 2. The molecule has 0 spiro atoms. The van der Waals surface area contributed by atoms with Crippen LogP contribution in [0, 0.1) is 5.82 Å². The van der Waals surface area contributed by atoms with Crippen LogP contribution in [0.25, 0.3) is 10.9 Å². The number of carbonyl (C=O) groups is 1. The molecule has 4 aromatic rings. The fourth-order valence-corrected chi connectivity index (χ4v) is 4.48. The Morgan fingerprint density at radius 3 is 2.97 bits per heavy atom. The van der Waals surface area contributed by atoms with E-state index in [0.29, 0.717) is 5.56 Å². The van der Waals surface area contributed by atoms with Crippen LogP contribution in [-0.2, 0) is 13.1 Å². The van der Waals surface area contributed by atoms with Gasteiger partial charge in [0.15, 0.2) is 0 Å². The average molecular weight is 445 g/mol. The minimum absolute atomic E-state index is 0.179. The molecule has 0 aliphatic carbocycles. The van der Waals surface area contributed by atoms with Crippen molar-refractivity contribution in [3.63, 3.8) is 0 Å². The highest BCUT2D eigenvalue weighted by atomic mass is 19.1. The molecule has 1 aliphatic rings. The number of likely N-dealkylation sites (tertiary alicyclic amines) is 1. The molecule has 6 nitrogen and oxygen atoms in total. The molecule has 1 saturated heterocycles. The second-order valence-corrected chi connectivity index (χ2v) is 8.49. The number of pyridine rings is 1. The number of carbonyl (C=O) groups excluding carboxylic acids is 1. The summed E-state index contributed by atoms with van der Waals surface area (Å²) in [6, 6.07) is 18.2. The first-order valence-electron chi connectivity index (χ1n) is 11.2. The third-order valence-electron chi connectivity index (χ3n) is 6.15. The number of fused-ring (bicyclic) bond motifs is 1. The molecule has 3 heterocycles. The first kappa shape index (κ1) is 21.3. The maximum absolute atomic E-state index is 13.3. The molecule has 0 bridgehead atoms.